The van der Waals surface area contributed by atoms with Crippen LogP contribution in [-0.2, 0) is 28.6 Å². The number of thiazole rings is 1. The second-order valence-corrected chi connectivity index (χ2v) is 13.1. The van der Waals surface area contributed by atoms with Crippen LogP contribution >= 0.6 is 11.3 Å². The quantitative estimate of drug-likeness (QED) is 0.167. The molecule has 6 rings (SSSR count). The van der Waals surface area contributed by atoms with Gasteiger partial charge in [-0.25, -0.2) is 32.6 Å². The Morgan fingerprint density at radius 3 is 2.64 bits per heavy atom. The van der Waals surface area contributed by atoms with Gasteiger partial charge in [0.1, 0.15) is 22.6 Å². The predicted octanol–water partition coefficient (Wildman–Crippen LogP) is 6.52. The molecular weight excluding hydrogens is 603 g/mol. The van der Waals surface area contributed by atoms with Gasteiger partial charge in [0, 0.05) is 28.8 Å². The second kappa shape index (κ2) is 13.1. The van der Waals surface area contributed by atoms with E-state index < -0.39 is 28.6 Å². The van der Waals surface area contributed by atoms with E-state index in [0.717, 1.165) is 49.8 Å². The Bertz CT molecular complexity index is 1800. The predicted molar refractivity (Wildman–Crippen MR) is 166 cm³/mol. The minimum absolute atomic E-state index is 0.0684. The van der Waals surface area contributed by atoms with Gasteiger partial charge in [-0.05, 0) is 80.8 Å². The molecule has 228 valence electrons. The summed E-state index contributed by atoms with van der Waals surface area (Å²) in [5.41, 5.74) is 4.15. The Balaban J connectivity index is 1.48. The van der Waals surface area contributed by atoms with Crippen LogP contribution in [0, 0.1) is 35.3 Å². The third kappa shape index (κ3) is 6.67. The van der Waals surface area contributed by atoms with Gasteiger partial charge in [-0.3, -0.25) is 0 Å². The van der Waals surface area contributed by atoms with Crippen LogP contribution in [0.4, 0.5) is 8.78 Å². The Kier molecular flexibility index (Phi) is 9.03. The highest BCUT2D eigenvalue weighted by Crippen LogP contribution is 2.38. The molecule has 2 heterocycles. The molecule has 4 aromatic rings. The van der Waals surface area contributed by atoms with Crippen molar-refractivity contribution < 1.29 is 22.5 Å². The van der Waals surface area contributed by atoms with Crippen molar-refractivity contribution in [2.24, 2.45) is 17.0 Å². The number of halogens is 2. The Hall–Kier alpha value is -3.72. The standard InChI is InChI=1S/C33H32F2N4O3S2/c1-2-42-32(40)28-19-43-33(37-28)39-29(17-21-7-8-21)25(15-22-10-14-30(44(36)41)27(35)16-22)31(38-39)24-12-13-26(34)23(18-24)11-9-20-5-3-4-6-20/h10,12-14,16,18-21H,2-8,15,17,36H2,1H3. The summed E-state index contributed by atoms with van der Waals surface area (Å²) in [7, 11) is -1.95. The summed E-state index contributed by atoms with van der Waals surface area (Å²) in [5.74, 6) is 5.50. The maximum absolute atomic E-state index is 15.0. The number of ether oxygens (including phenoxy) is 1. The molecule has 2 N–H and O–H groups in total. The first-order valence-corrected chi connectivity index (χ1v) is 16.9. The van der Waals surface area contributed by atoms with Crippen LogP contribution < -0.4 is 5.14 Å². The zero-order chi connectivity index (χ0) is 30.8. The highest BCUT2D eigenvalue weighted by Gasteiger charge is 2.30. The first kappa shape index (κ1) is 30.3. The molecule has 2 fully saturated rings. The summed E-state index contributed by atoms with van der Waals surface area (Å²) in [6.45, 7) is 1.97. The molecule has 2 aromatic heterocycles. The van der Waals surface area contributed by atoms with Crippen molar-refractivity contribution in [1.29, 1.82) is 0 Å². The van der Waals surface area contributed by atoms with Crippen LogP contribution in [0.5, 0.6) is 0 Å². The molecule has 2 saturated carbocycles. The van der Waals surface area contributed by atoms with E-state index in [-0.39, 0.29) is 23.1 Å². The fourth-order valence-corrected chi connectivity index (χ4v) is 6.79. The maximum Gasteiger partial charge on any atom is 0.357 e. The molecule has 2 aliphatic carbocycles. The van der Waals surface area contributed by atoms with E-state index in [1.165, 1.54) is 29.5 Å². The fourth-order valence-electron chi connectivity index (χ4n) is 5.57. The van der Waals surface area contributed by atoms with Gasteiger partial charge in [0.25, 0.3) is 0 Å². The molecule has 0 aliphatic heterocycles. The molecular formula is C33H32F2N4O3S2. The number of rotatable bonds is 9. The van der Waals surface area contributed by atoms with Crippen molar-refractivity contribution in [3.05, 3.63) is 81.5 Å². The molecule has 0 radical (unpaired) electrons. The number of benzene rings is 2. The zero-order valence-electron chi connectivity index (χ0n) is 24.3. The van der Waals surface area contributed by atoms with Gasteiger partial charge >= 0.3 is 5.97 Å². The molecule has 0 amide bonds. The highest BCUT2D eigenvalue weighted by molar-refractivity contribution is 7.82. The Labute approximate surface area is 261 Å². The Morgan fingerprint density at radius 1 is 1.14 bits per heavy atom. The summed E-state index contributed by atoms with van der Waals surface area (Å²) < 4.78 is 48.5. The van der Waals surface area contributed by atoms with Crippen LogP contribution in [0.1, 0.15) is 78.3 Å². The third-order valence-electron chi connectivity index (χ3n) is 8.03. The number of carbonyl (C=O) groups excluding carboxylic acids is 1. The lowest BCUT2D eigenvalue weighted by atomic mass is 9.96. The SMILES string of the molecule is CCOC(=O)c1csc(-n2nc(-c3ccc(F)c(C#CC4CCCC4)c3)c(Cc3ccc(S(N)=O)c(F)c3)c2CC2CC2)n1. The van der Waals surface area contributed by atoms with E-state index >= 15 is 0 Å². The molecule has 44 heavy (non-hydrogen) atoms. The van der Waals surface area contributed by atoms with E-state index in [1.807, 2.05) is 0 Å². The minimum Gasteiger partial charge on any atom is -0.461 e. The van der Waals surface area contributed by atoms with Gasteiger partial charge in [0.05, 0.1) is 28.5 Å². The monoisotopic (exact) mass is 634 g/mol. The zero-order valence-corrected chi connectivity index (χ0v) is 25.9. The number of nitrogens with zero attached hydrogens (tertiary/aromatic N) is 3. The molecule has 7 nitrogen and oxygen atoms in total. The van der Waals surface area contributed by atoms with Crippen LogP contribution in [0.15, 0.2) is 46.7 Å². The molecule has 0 saturated heterocycles. The minimum atomic E-state index is -1.95. The largest absolute Gasteiger partial charge is 0.461 e. The molecule has 1 atom stereocenters. The van der Waals surface area contributed by atoms with Gasteiger partial charge < -0.3 is 4.74 Å². The number of aromatic nitrogens is 3. The van der Waals surface area contributed by atoms with Crippen LogP contribution in [-0.4, -0.2) is 31.5 Å². The van der Waals surface area contributed by atoms with Crippen molar-refractivity contribution in [3.8, 4) is 28.2 Å². The van der Waals surface area contributed by atoms with E-state index in [4.69, 9.17) is 15.0 Å². The lowest BCUT2D eigenvalue weighted by Gasteiger charge is -2.10. The van der Waals surface area contributed by atoms with Gasteiger partial charge in [-0.15, -0.1) is 11.3 Å². The number of hydrogen-bond acceptors (Lipinski definition) is 6. The van der Waals surface area contributed by atoms with Gasteiger partial charge in [0.15, 0.2) is 5.69 Å². The first-order valence-electron chi connectivity index (χ1n) is 14.8. The lowest BCUT2D eigenvalue weighted by molar-refractivity contribution is 0.0520. The Morgan fingerprint density at radius 2 is 1.93 bits per heavy atom. The fraction of sp³-hybridized carbons (Fsp3) is 0.364. The summed E-state index contributed by atoms with van der Waals surface area (Å²) in [4.78, 5) is 16.9. The van der Waals surface area contributed by atoms with E-state index in [9.17, 15) is 17.8 Å². The van der Waals surface area contributed by atoms with Crippen molar-refractivity contribution in [2.75, 3.05) is 6.61 Å². The topological polar surface area (TPSA) is 100 Å². The molecule has 11 heteroatoms. The average Bonchev–Trinajstić information content (AvgIpc) is 3.35. The van der Waals surface area contributed by atoms with Crippen LogP contribution in [0.3, 0.4) is 0 Å². The van der Waals surface area contributed by atoms with Crippen molar-refractivity contribution in [2.45, 2.75) is 63.2 Å². The molecule has 0 bridgehead atoms. The van der Waals surface area contributed by atoms with E-state index in [1.54, 1.807) is 35.2 Å². The van der Waals surface area contributed by atoms with Crippen molar-refractivity contribution in [1.82, 2.24) is 14.8 Å². The van der Waals surface area contributed by atoms with E-state index in [2.05, 4.69) is 16.8 Å². The molecule has 2 aromatic carbocycles. The maximum atomic E-state index is 15.0. The van der Waals surface area contributed by atoms with Crippen molar-refractivity contribution in [3.63, 3.8) is 0 Å². The van der Waals surface area contributed by atoms with E-state index in [0.29, 0.717) is 46.3 Å². The average molecular weight is 635 g/mol. The van der Waals surface area contributed by atoms with Crippen molar-refractivity contribution >= 4 is 28.3 Å². The summed E-state index contributed by atoms with van der Waals surface area (Å²) in [5, 5.41) is 12.6. The number of carbonyl (C=O) groups is 1. The molecule has 2 aliphatic rings. The van der Waals surface area contributed by atoms with Crippen LogP contribution in [0.25, 0.3) is 16.4 Å². The summed E-state index contributed by atoms with van der Waals surface area (Å²) in [6, 6.07) is 9.29. The number of esters is 1. The molecule has 0 spiro atoms. The third-order valence-corrected chi connectivity index (χ3v) is 9.61. The van der Waals surface area contributed by atoms with Gasteiger partial charge in [0.2, 0.25) is 5.13 Å². The smallest absolute Gasteiger partial charge is 0.357 e. The normalized spacial score (nSPS) is 15.6. The van der Waals surface area contributed by atoms with Crippen LogP contribution in [0.2, 0.25) is 0 Å². The second-order valence-electron chi connectivity index (χ2n) is 11.3. The molecule has 1 unspecified atom stereocenters. The number of hydrogen-bond donors (Lipinski definition) is 1. The highest BCUT2D eigenvalue weighted by atomic mass is 32.2. The summed E-state index contributed by atoms with van der Waals surface area (Å²) in [6.07, 6.45) is 7.52. The van der Waals surface area contributed by atoms with Gasteiger partial charge in [-0.2, -0.15) is 5.10 Å². The summed E-state index contributed by atoms with van der Waals surface area (Å²) >= 11 is 1.28. The first-order chi connectivity index (χ1) is 21.3. The lowest BCUT2D eigenvalue weighted by Crippen LogP contribution is -2.08. The number of nitrogens with two attached hydrogens (primary N) is 1. The van der Waals surface area contributed by atoms with Gasteiger partial charge in [-0.1, -0.05) is 30.7 Å².